The monoisotopic (exact) mass is 373 g/mol. The maximum Gasteiger partial charge on any atom is 0.262 e. The van der Waals surface area contributed by atoms with Gasteiger partial charge in [-0.1, -0.05) is 30.0 Å². The van der Waals surface area contributed by atoms with Crippen LogP contribution in [0, 0.1) is 0 Å². The molecule has 0 spiro atoms. The third kappa shape index (κ3) is 3.99. The molecule has 0 bridgehead atoms. The van der Waals surface area contributed by atoms with Gasteiger partial charge in [-0.2, -0.15) is 0 Å². The molecule has 0 aliphatic carbocycles. The Bertz CT molecular complexity index is 870. The van der Waals surface area contributed by atoms with E-state index in [9.17, 15) is 9.59 Å². The first-order valence-corrected chi connectivity index (χ1v) is 9.64. The fraction of sp³-hybridized carbons (Fsp3) is 0.421. The highest BCUT2D eigenvalue weighted by molar-refractivity contribution is 7.99. The molecular weight excluding hydrogens is 350 g/mol. The van der Waals surface area contributed by atoms with E-state index in [4.69, 9.17) is 4.74 Å². The molecule has 0 N–H and O–H groups in total. The maximum absolute atomic E-state index is 12.7. The quantitative estimate of drug-likeness (QED) is 0.457. The van der Waals surface area contributed by atoms with E-state index in [0.717, 1.165) is 0 Å². The predicted molar refractivity (Wildman–Crippen MR) is 104 cm³/mol. The summed E-state index contributed by atoms with van der Waals surface area (Å²) in [4.78, 5) is 31.7. The maximum atomic E-state index is 12.7. The number of carbonyl (C=O) groups excluding carboxylic acids is 1. The number of amides is 1. The number of para-hydroxylation sites is 1. The van der Waals surface area contributed by atoms with Gasteiger partial charge in [0.25, 0.3) is 5.56 Å². The number of thioether (sulfide) groups is 1. The van der Waals surface area contributed by atoms with E-state index in [-0.39, 0.29) is 29.4 Å². The fourth-order valence-corrected chi connectivity index (χ4v) is 4.06. The number of morpholine rings is 1. The molecule has 7 heteroatoms. The second-order valence-corrected chi connectivity index (χ2v) is 7.40. The number of carbonyl (C=O) groups is 1. The van der Waals surface area contributed by atoms with E-state index >= 15 is 0 Å². The second kappa shape index (κ2) is 8.05. The lowest BCUT2D eigenvalue weighted by atomic mass is 10.2. The lowest BCUT2D eigenvalue weighted by molar-refractivity contribution is -0.140. The Morgan fingerprint density at radius 1 is 1.35 bits per heavy atom. The third-order valence-corrected chi connectivity index (χ3v) is 5.20. The molecule has 1 fully saturated rings. The van der Waals surface area contributed by atoms with Crippen molar-refractivity contribution >= 4 is 28.6 Å². The highest BCUT2D eigenvalue weighted by atomic mass is 32.2. The van der Waals surface area contributed by atoms with Gasteiger partial charge >= 0.3 is 0 Å². The molecule has 0 unspecified atom stereocenters. The Labute approximate surface area is 156 Å². The predicted octanol–water partition coefficient (Wildman–Crippen LogP) is 2.31. The first kappa shape index (κ1) is 18.7. The van der Waals surface area contributed by atoms with Crippen molar-refractivity contribution in [1.82, 2.24) is 14.5 Å². The van der Waals surface area contributed by atoms with E-state index in [0.29, 0.717) is 35.7 Å². The highest BCUT2D eigenvalue weighted by Gasteiger charge is 2.26. The van der Waals surface area contributed by atoms with Gasteiger partial charge in [-0.15, -0.1) is 6.58 Å². The summed E-state index contributed by atoms with van der Waals surface area (Å²) in [5.41, 5.74) is 0.528. The molecule has 26 heavy (non-hydrogen) atoms. The van der Waals surface area contributed by atoms with Crippen LogP contribution in [-0.4, -0.2) is 51.4 Å². The summed E-state index contributed by atoms with van der Waals surface area (Å²) in [6, 6.07) is 7.25. The molecule has 1 saturated heterocycles. The van der Waals surface area contributed by atoms with Crippen molar-refractivity contribution in [3.8, 4) is 0 Å². The normalized spacial score (nSPS) is 20.3. The first-order valence-electron chi connectivity index (χ1n) is 8.66. The van der Waals surface area contributed by atoms with E-state index in [1.54, 1.807) is 16.7 Å². The van der Waals surface area contributed by atoms with Crippen molar-refractivity contribution in [3.05, 3.63) is 47.3 Å². The summed E-state index contributed by atoms with van der Waals surface area (Å²) in [6.07, 6.45) is 1.73. The lowest BCUT2D eigenvalue weighted by Crippen LogP contribution is -2.48. The van der Waals surface area contributed by atoms with Crippen LogP contribution in [0.4, 0.5) is 0 Å². The van der Waals surface area contributed by atoms with E-state index in [2.05, 4.69) is 11.6 Å². The zero-order valence-electron chi connectivity index (χ0n) is 15.1. The Hall–Kier alpha value is -2.12. The van der Waals surface area contributed by atoms with Crippen molar-refractivity contribution in [2.24, 2.45) is 0 Å². The molecule has 2 aromatic rings. The van der Waals surface area contributed by atoms with E-state index in [1.807, 2.05) is 36.9 Å². The zero-order valence-corrected chi connectivity index (χ0v) is 15.9. The molecule has 2 heterocycles. The topological polar surface area (TPSA) is 64.4 Å². The van der Waals surface area contributed by atoms with Crippen molar-refractivity contribution in [1.29, 1.82) is 0 Å². The van der Waals surface area contributed by atoms with Crippen LogP contribution >= 0.6 is 11.8 Å². The number of hydrogen-bond acceptors (Lipinski definition) is 5. The van der Waals surface area contributed by atoms with Crippen molar-refractivity contribution in [2.75, 3.05) is 18.8 Å². The zero-order chi connectivity index (χ0) is 18.7. The minimum Gasteiger partial charge on any atom is -0.372 e. The van der Waals surface area contributed by atoms with Crippen molar-refractivity contribution in [3.63, 3.8) is 0 Å². The number of hydrogen-bond donors (Lipinski definition) is 0. The van der Waals surface area contributed by atoms with Gasteiger partial charge in [0, 0.05) is 19.6 Å². The molecule has 0 saturated carbocycles. The summed E-state index contributed by atoms with van der Waals surface area (Å²) in [7, 11) is 0. The molecule has 2 atom stereocenters. The van der Waals surface area contributed by atoms with Crippen LogP contribution in [-0.2, 0) is 16.1 Å². The van der Waals surface area contributed by atoms with Gasteiger partial charge in [-0.05, 0) is 26.0 Å². The molecule has 1 aromatic heterocycles. The first-order chi connectivity index (χ1) is 12.5. The Kier molecular flexibility index (Phi) is 5.78. The summed E-state index contributed by atoms with van der Waals surface area (Å²) >= 11 is 1.29. The number of aromatic nitrogens is 2. The number of ether oxygens (including phenoxy) is 1. The molecular formula is C19H23N3O3S. The van der Waals surface area contributed by atoms with Crippen LogP contribution in [0.1, 0.15) is 13.8 Å². The minimum atomic E-state index is -0.112. The fourth-order valence-electron chi connectivity index (χ4n) is 3.15. The molecule has 3 rings (SSSR count). The van der Waals surface area contributed by atoms with E-state index in [1.165, 1.54) is 11.8 Å². The van der Waals surface area contributed by atoms with Gasteiger partial charge < -0.3 is 9.64 Å². The average molecular weight is 373 g/mol. The summed E-state index contributed by atoms with van der Waals surface area (Å²) in [5.74, 6) is 0.269. The number of benzene rings is 1. The Morgan fingerprint density at radius 2 is 2.04 bits per heavy atom. The van der Waals surface area contributed by atoms with Crippen LogP contribution in [0.25, 0.3) is 10.9 Å². The number of allylic oxidation sites excluding steroid dienone is 1. The molecule has 6 nitrogen and oxygen atoms in total. The van der Waals surface area contributed by atoms with Gasteiger partial charge in [0.05, 0.1) is 28.9 Å². The van der Waals surface area contributed by atoms with Crippen molar-refractivity contribution in [2.45, 2.75) is 37.8 Å². The van der Waals surface area contributed by atoms with Gasteiger partial charge in [0.1, 0.15) is 0 Å². The minimum absolute atomic E-state index is 0.0320. The highest BCUT2D eigenvalue weighted by Crippen LogP contribution is 2.20. The van der Waals surface area contributed by atoms with Gasteiger partial charge in [0.2, 0.25) is 5.91 Å². The van der Waals surface area contributed by atoms with Crippen LogP contribution in [0.3, 0.4) is 0 Å². The number of nitrogens with zero attached hydrogens (tertiary/aromatic N) is 3. The van der Waals surface area contributed by atoms with Crippen LogP contribution in [0.2, 0.25) is 0 Å². The van der Waals surface area contributed by atoms with Crippen molar-refractivity contribution < 1.29 is 9.53 Å². The molecule has 1 amide bonds. The van der Waals surface area contributed by atoms with Gasteiger partial charge in [0.15, 0.2) is 5.16 Å². The lowest BCUT2D eigenvalue weighted by Gasteiger charge is -2.35. The third-order valence-electron chi connectivity index (χ3n) is 4.24. The largest absolute Gasteiger partial charge is 0.372 e. The SMILES string of the molecule is C=CCn1c(SCC(=O)N2C[C@H](C)O[C@@H](C)C2)nc2ccccc2c1=O. The van der Waals surface area contributed by atoms with Gasteiger partial charge in [-0.25, -0.2) is 4.98 Å². The van der Waals surface area contributed by atoms with Crippen LogP contribution < -0.4 is 5.56 Å². The summed E-state index contributed by atoms with van der Waals surface area (Å²) in [5, 5.41) is 1.11. The summed E-state index contributed by atoms with van der Waals surface area (Å²) in [6.45, 7) is 9.20. The Morgan fingerprint density at radius 3 is 2.73 bits per heavy atom. The molecule has 0 radical (unpaired) electrons. The molecule has 1 aromatic carbocycles. The molecule has 138 valence electrons. The molecule has 1 aliphatic heterocycles. The Balaban J connectivity index is 1.81. The van der Waals surface area contributed by atoms with E-state index < -0.39 is 0 Å². The van der Waals surface area contributed by atoms with Crippen LogP contribution in [0.15, 0.2) is 46.9 Å². The second-order valence-electron chi connectivity index (χ2n) is 6.46. The van der Waals surface area contributed by atoms with Gasteiger partial charge in [-0.3, -0.25) is 14.2 Å². The number of fused-ring (bicyclic) bond motifs is 1. The summed E-state index contributed by atoms with van der Waals surface area (Å²) < 4.78 is 7.24. The molecule has 1 aliphatic rings. The standard InChI is InChI=1S/C19H23N3O3S/c1-4-9-22-18(24)15-7-5-6-8-16(15)20-19(22)26-12-17(23)21-10-13(2)25-14(3)11-21/h4-8,13-14H,1,9-12H2,2-3H3/t13-,14-/m0/s1. The smallest absolute Gasteiger partial charge is 0.262 e. The average Bonchev–Trinajstić information content (AvgIpc) is 2.61. The number of rotatable bonds is 5. The van der Waals surface area contributed by atoms with Crippen LogP contribution in [0.5, 0.6) is 0 Å².